The average Bonchev–Trinajstić information content (AvgIpc) is 2.84. The van der Waals surface area contributed by atoms with Gasteiger partial charge in [0, 0.05) is 11.8 Å². The zero-order valence-corrected chi connectivity index (χ0v) is 15.4. The van der Waals surface area contributed by atoms with E-state index >= 15 is 0 Å². The first-order valence-electron chi connectivity index (χ1n) is 7.96. The summed E-state index contributed by atoms with van der Waals surface area (Å²) < 4.78 is 7.78. The van der Waals surface area contributed by atoms with Gasteiger partial charge in [0.1, 0.15) is 5.75 Å². The Balaban J connectivity index is 1.88. The van der Waals surface area contributed by atoms with Crippen molar-refractivity contribution in [2.45, 2.75) is 51.7 Å². The summed E-state index contributed by atoms with van der Waals surface area (Å²) in [6.07, 6.45) is 0. The molecular weight excluding hydrogens is 308 g/mol. The second kappa shape index (κ2) is 7.73. The number of nitrogen functional groups attached to an aromatic ring is 1. The maximum Gasteiger partial charge on any atom is 0.222 e. The van der Waals surface area contributed by atoms with Crippen LogP contribution < -0.4 is 10.5 Å². The molecule has 1 aromatic heterocycles. The lowest BCUT2D eigenvalue weighted by atomic mass is 9.98. The highest BCUT2D eigenvalue weighted by Crippen LogP contribution is 2.25. The first kappa shape index (κ1) is 17.7. The molecule has 0 aliphatic heterocycles. The minimum Gasteiger partial charge on any atom is -0.493 e. The van der Waals surface area contributed by atoms with Gasteiger partial charge in [0.2, 0.25) is 5.95 Å². The fourth-order valence-electron chi connectivity index (χ4n) is 2.55. The first-order chi connectivity index (χ1) is 10.9. The van der Waals surface area contributed by atoms with Gasteiger partial charge in [-0.05, 0) is 49.9 Å². The highest BCUT2D eigenvalue weighted by molar-refractivity contribution is 7.99. The standard InChI is InChI=1S/C17H26N4OS/c1-11(2)15-7-6-14(10-13(15)5)22-8-9-23-17-20-19-16(18)21(17)12(3)4/h6-7,10-12H,8-9H2,1-5H3,(H2,18,19). The van der Waals surface area contributed by atoms with Crippen LogP contribution in [0.1, 0.15) is 50.8 Å². The van der Waals surface area contributed by atoms with Crippen molar-refractivity contribution >= 4 is 17.7 Å². The summed E-state index contributed by atoms with van der Waals surface area (Å²) in [5.41, 5.74) is 8.48. The average molecular weight is 334 g/mol. The molecule has 5 nitrogen and oxygen atoms in total. The van der Waals surface area contributed by atoms with Crippen LogP contribution in [0.2, 0.25) is 0 Å². The molecule has 2 aromatic rings. The Kier molecular flexibility index (Phi) is 5.93. The highest BCUT2D eigenvalue weighted by atomic mass is 32.2. The summed E-state index contributed by atoms with van der Waals surface area (Å²) in [6.45, 7) is 11.3. The predicted octanol–water partition coefficient (Wildman–Crippen LogP) is 4.04. The lowest BCUT2D eigenvalue weighted by molar-refractivity contribution is 0.343. The topological polar surface area (TPSA) is 66.0 Å². The largest absolute Gasteiger partial charge is 0.493 e. The van der Waals surface area contributed by atoms with Gasteiger partial charge >= 0.3 is 0 Å². The quantitative estimate of drug-likeness (QED) is 0.611. The smallest absolute Gasteiger partial charge is 0.222 e. The number of aryl methyl sites for hydroxylation is 1. The van der Waals surface area contributed by atoms with Gasteiger partial charge in [-0.3, -0.25) is 4.57 Å². The third-order valence-corrected chi connectivity index (χ3v) is 4.56. The van der Waals surface area contributed by atoms with Crippen molar-refractivity contribution in [2.75, 3.05) is 18.1 Å². The minimum atomic E-state index is 0.250. The van der Waals surface area contributed by atoms with Crippen molar-refractivity contribution in [3.63, 3.8) is 0 Å². The molecule has 0 aliphatic carbocycles. The number of nitrogens with zero attached hydrogens (tertiary/aromatic N) is 3. The normalized spacial score (nSPS) is 11.4. The SMILES string of the molecule is Cc1cc(OCCSc2nnc(N)n2C(C)C)ccc1C(C)C. The first-order valence-corrected chi connectivity index (χ1v) is 8.95. The molecule has 23 heavy (non-hydrogen) atoms. The Bertz CT molecular complexity index is 652. The number of benzene rings is 1. The van der Waals surface area contributed by atoms with Crippen molar-refractivity contribution in [2.24, 2.45) is 0 Å². The summed E-state index contributed by atoms with van der Waals surface area (Å²) in [5, 5.41) is 8.90. The van der Waals surface area contributed by atoms with Crippen LogP contribution in [0.15, 0.2) is 23.4 Å². The van der Waals surface area contributed by atoms with Gasteiger partial charge in [0.25, 0.3) is 0 Å². The third-order valence-electron chi connectivity index (χ3n) is 3.65. The number of anilines is 1. The second-order valence-electron chi connectivity index (χ2n) is 6.17. The Morgan fingerprint density at radius 3 is 2.57 bits per heavy atom. The Labute approximate surface area is 142 Å². The lowest BCUT2D eigenvalue weighted by Gasteiger charge is -2.13. The van der Waals surface area contributed by atoms with Gasteiger partial charge in [-0.2, -0.15) is 0 Å². The van der Waals surface area contributed by atoms with Crippen molar-refractivity contribution < 1.29 is 4.74 Å². The van der Waals surface area contributed by atoms with E-state index < -0.39 is 0 Å². The van der Waals surface area contributed by atoms with Gasteiger partial charge < -0.3 is 10.5 Å². The van der Waals surface area contributed by atoms with Crippen molar-refractivity contribution in [1.82, 2.24) is 14.8 Å². The van der Waals surface area contributed by atoms with E-state index in [4.69, 9.17) is 10.5 Å². The number of hydrogen-bond donors (Lipinski definition) is 1. The molecule has 1 aromatic carbocycles. The molecule has 2 N–H and O–H groups in total. The van der Waals surface area contributed by atoms with E-state index in [0.29, 0.717) is 18.5 Å². The number of nitrogens with two attached hydrogens (primary N) is 1. The van der Waals surface area contributed by atoms with E-state index in [1.807, 2.05) is 10.6 Å². The zero-order chi connectivity index (χ0) is 17.0. The fourth-order valence-corrected chi connectivity index (χ4v) is 3.44. The van der Waals surface area contributed by atoms with Crippen LogP contribution in [-0.2, 0) is 0 Å². The summed E-state index contributed by atoms with van der Waals surface area (Å²) in [4.78, 5) is 0. The molecule has 1 heterocycles. The molecule has 2 rings (SSSR count). The maximum absolute atomic E-state index is 5.84. The molecule has 0 aliphatic rings. The van der Waals surface area contributed by atoms with Crippen LogP contribution in [0.3, 0.4) is 0 Å². The van der Waals surface area contributed by atoms with Crippen molar-refractivity contribution in [3.8, 4) is 5.75 Å². The van der Waals surface area contributed by atoms with Gasteiger partial charge in [0.15, 0.2) is 5.16 Å². The Hall–Kier alpha value is -1.69. The summed E-state index contributed by atoms with van der Waals surface area (Å²) in [6, 6.07) is 6.55. The molecule has 0 amide bonds. The zero-order valence-electron chi connectivity index (χ0n) is 14.5. The van der Waals surface area contributed by atoms with Crippen molar-refractivity contribution in [1.29, 1.82) is 0 Å². The van der Waals surface area contributed by atoms with Crippen LogP contribution in [0.4, 0.5) is 5.95 Å². The molecule has 0 radical (unpaired) electrons. The van der Waals surface area contributed by atoms with Crippen molar-refractivity contribution in [3.05, 3.63) is 29.3 Å². The molecule has 6 heteroatoms. The van der Waals surface area contributed by atoms with Crippen LogP contribution in [-0.4, -0.2) is 27.1 Å². The van der Waals surface area contributed by atoms with Crippen LogP contribution in [0, 0.1) is 6.92 Å². The maximum atomic E-state index is 5.84. The third kappa shape index (κ3) is 4.41. The van der Waals surface area contributed by atoms with Crippen LogP contribution in [0.5, 0.6) is 5.75 Å². The van der Waals surface area contributed by atoms with Crippen LogP contribution in [0.25, 0.3) is 0 Å². The minimum absolute atomic E-state index is 0.250. The van der Waals surface area contributed by atoms with E-state index in [1.54, 1.807) is 11.8 Å². The molecule has 0 atom stereocenters. The summed E-state index contributed by atoms with van der Waals surface area (Å²) >= 11 is 1.61. The number of hydrogen-bond acceptors (Lipinski definition) is 5. The lowest BCUT2D eigenvalue weighted by Crippen LogP contribution is -2.08. The predicted molar refractivity (Wildman–Crippen MR) is 96.3 cm³/mol. The van der Waals surface area contributed by atoms with Gasteiger partial charge in [-0.1, -0.05) is 31.7 Å². The molecule has 0 fully saturated rings. The Morgan fingerprint density at radius 2 is 1.96 bits per heavy atom. The highest BCUT2D eigenvalue weighted by Gasteiger charge is 2.12. The van der Waals surface area contributed by atoms with E-state index in [0.717, 1.165) is 16.7 Å². The number of aromatic nitrogens is 3. The van der Waals surface area contributed by atoms with Gasteiger partial charge in [-0.25, -0.2) is 0 Å². The number of ether oxygens (including phenoxy) is 1. The van der Waals surface area contributed by atoms with E-state index in [-0.39, 0.29) is 6.04 Å². The molecular formula is C17H26N4OS. The second-order valence-corrected chi connectivity index (χ2v) is 7.24. The fraction of sp³-hybridized carbons (Fsp3) is 0.529. The molecule has 126 valence electrons. The van der Waals surface area contributed by atoms with Gasteiger partial charge in [0.05, 0.1) is 6.61 Å². The molecule has 0 saturated heterocycles. The summed E-state index contributed by atoms with van der Waals surface area (Å²) in [7, 11) is 0. The monoisotopic (exact) mass is 334 g/mol. The number of thioether (sulfide) groups is 1. The molecule has 0 spiro atoms. The van der Waals surface area contributed by atoms with Gasteiger partial charge in [-0.15, -0.1) is 10.2 Å². The van der Waals surface area contributed by atoms with Crippen LogP contribution >= 0.6 is 11.8 Å². The van der Waals surface area contributed by atoms with E-state index in [1.165, 1.54) is 11.1 Å². The number of rotatable bonds is 7. The molecule has 0 saturated carbocycles. The Morgan fingerprint density at radius 1 is 1.22 bits per heavy atom. The molecule has 0 unspecified atom stereocenters. The van der Waals surface area contributed by atoms with E-state index in [2.05, 4.69) is 56.9 Å². The van der Waals surface area contributed by atoms with E-state index in [9.17, 15) is 0 Å². The molecule has 0 bridgehead atoms. The summed E-state index contributed by atoms with van der Waals surface area (Å²) in [5.74, 6) is 2.71.